The molecule has 1 aliphatic heterocycles. The molecule has 2 heterocycles. The minimum absolute atomic E-state index is 0.344. The quantitative estimate of drug-likeness (QED) is 0.858. The minimum atomic E-state index is 0.344. The average Bonchev–Trinajstić information content (AvgIpc) is 2.98. The van der Waals surface area contributed by atoms with Gasteiger partial charge in [0.25, 0.3) is 0 Å². The van der Waals surface area contributed by atoms with Crippen LogP contribution >= 0.6 is 0 Å². The maximum absolute atomic E-state index is 5.56. The molecule has 0 unspecified atom stereocenters. The van der Waals surface area contributed by atoms with Crippen LogP contribution in [0, 0.1) is 6.92 Å². The second kappa shape index (κ2) is 6.21. The standard InChI is InChI=1S/C20H25N3O2/c1-12-9-17(22-23(12)2)20-15-11-19(25-4)18(24-3)10-14(15)13-7-5-6-8-16(13)21-20/h9-11,13,16H,5-8H2,1-4H3/t13-,16-/m0/s1. The fourth-order valence-corrected chi connectivity index (χ4v) is 4.15. The highest BCUT2D eigenvalue weighted by molar-refractivity contribution is 6.14. The molecule has 4 rings (SSSR count). The van der Waals surface area contributed by atoms with E-state index in [2.05, 4.69) is 30.2 Å². The van der Waals surface area contributed by atoms with Crippen molar-refractivity contribution < 1.29 is 9.47 Å². The molecule has 0 N–H and O–H groups in total. The molecule has 2 aromatic rings. The predicted octanol–water partition coefficient (Wildman–Crippen LogP) is 3.62. The molecule has 0 spiro atoms. The Bertz CT molecular complexity index is 818. The van der Waals surface area contributed by atoms with Gasteiger partial charge in [-0.2, -0.15) is 5.10 Å². The van der Waals surface area contributed by atoms with Gasteiger partial charge in [0.05, 0.1) is 26.0 Å². The van der Waals surface area contributed by atoms with Crippen LogP contribution in [-0.4, -0.2) is 35.8 Å². The minimum Gasteiger partial charge on any atom is -0.493 e. The maximum atomic E-state index is 5.56. The van der Waals surface area contributed by atoms with Gasteiger partial charge in [-0.25, -0.2) is 0 Å². The molecule has 5 nitrogen and oxygen atoms in total. The highest BCUT2D eigenvalue weighted by Crippen LogP contribution is 2.44. The van der Waals surface area contributed by atoms with E-state index in [1.165, 1.54) is 24.8 Å². The Morgan fingerprint density at radius 1 is 1.04 bits per heavy atom. The zero-order valence-electron chi connectivity index (χ0n) is 15.4. The lowest BCUT2D eigenvalue weighted by molar-refractivity contribution is 0.349. The van der Waals surface area contributed by atoms with Crippen molar-refractivity contribution in [2.24, 2.45) is 12.0 Å². The average molecular weight is 339 g/mol. The molecule has 0 saturated heterocycles. The monoisotopic (exact) mass is 339 g/mol. The number of hydrogen-bond donors (Lipinski definition) is 0. The molecule has 25 heavy (non-hydrogen) atoms. The van der Waals surface area contributed by atoms with Gasteiger partial charge in [-0.1, -0.05) is 12.8 Å². The third-order valence-corrected chi connectivity index (χ3v) is 5.59. The van der Waals surface area contributed by atoms with Gasteiger partial charge in [-0.3, -0.25) is 9.67 Å². The number of rotatable bonds is 3. The third-order valence-electron chi connectivity index (χ3n) is 5.59. The van der Waals surface area contributed by atoms with Crippen LogP contribution in [0.5, 0.6) is 11.5 Å². The second-order valence-electron chi connectivity index (χ2n) is 7.03. The van der Waals surface area contributed by atoms with Gasteiger partial charge in [0.1, 0.15) is 5.69 Å². The molecular weight excluding hydrogens is 314 g/mol. The second-order valence-corrected chi connectivity index (χ2v) is 7.03. The molecule has 0 radical (unpaired) electrons. The smallest absolute Gasteiger partial charge is 0.161 e. The highest BCUT2D eigenvalue weighted by atomic mass is 16.5. The first-order valence-electron chi connectivity index (χ1n) is 8.97. The molecule has 0 bridgehead atoms. The van der Waals surface area contributed by atoms with E-state index in [9.17, 15) is 0 Å². The number of aryl methyl sites for hydroxylation is 2. The summed E-state index contributed by atoms with van der Waals surface area (Å²) in [5, 5.41) is 4.68. The topological polar surface area (TPSA) is 48.6 Å². The number of aromatic nitrogens is 2. The summed E-state index contributed by atoms with van der Waals surface area (Å²) >= 11 is 0. The van der Waals surface area contributed by atoms with E-state index in [0.29, 0.717) is 12.0 Å². The van der Waals surface area contributed by atoms with Gasteiger partial charge >= 0.3 is 0 Å². The Hall–Kier alpha value is -2.30. The molecule has 1 aromatic heterocycles. The molecule has 2 atom stereocenters. The van der Waals surface area contributed by atoms with Gasteiger partial charge in [0.2, 0.25) is 0 Å². The lowest BCUT2D eigenvalue weighted by Gasteiger charge is -2.35. The first-order valence-corrected chi connectivity index (χ1v) is 8.97. The number of fused-ring (bicyclic) bond motifs is 3. The molecule has 1 saturated carbocycles. The summed E-state index contributed by atoms with van der Waals surface area (Å²) in [6, 6.07) is 6.68. The van der Waals surface area contributed by atoms with Crippen LogP contribution in [0.4, 0.5) is 0 Å². The van der Waals surface area contributed by atoms with E-state index < -0.39 is 0 Å². The van der Waals surface area contributed by atoms with E-state index in [1.807, 2.05) is 11.7 Å². The zero-order valence-corrected chi connectivity index (χ0v) is 15.4. The Labute approximate surface area is 148 Å². The summed E-state index contributed by atoms with van der Waals surface area (Å²) in [6.45, 7) is 2.07. The van der Waals surface area contributed by atoms with Crippen molar-refractivity contribution >= 4 is 5.71 Å². The number of aliphatic imine (C=N–C) groups is 1. The van der Waals surface area contributed by atoms with E-state index in [-0.39, 0.29) is 0 Å². The van der Waals surface area contributed by atoms with Crippen molar-refractivity contribution in [3.8, 4) is 11.5 Å². The lowest BCUT2D eigenvalue weighted by atomic mass is 9.75. The maximum Gasteiger partial charge on any atom is 0.161 e. The predicted molar refractivity (Wildman–Crippen MR) is 98.1 cm³/mol. The van der Waals surface area contributed by atoms with Crippen molar-refractivity contribution in [3.05, 3.63) is 40.7 Å². The Morgan fingerprint density at radius 3 is 2.44 bits per heavy atom. The van der Waals surface area contributed by atoms with Gasteiger partial charge < -0.3 is 9.47 Å². The summed E-state index contributed by atoms with van der Waals surface area (Å²) in [5.74, 6) is 2.01. The fraction of sp³-hybridized carbons (Fsp3) is 0.500. The molecule has 132 valence electrons. The van der Waals surface area contributed by atoms with Gasteiger partial charge in [0.15, 0.2) is 11.5 Å². The molecule has 0 amide bonds. The number of ether oxygens (including phenoxy) is 2. The largest absolute Gasteiger partial charge is 0.493 e. The van der Waals surface area contributed by atoms with Crippen LogP contribution in [0.15, 0.2) is 23.2 Å². The summed E-state index contributed by atoms with van der Waals surface area (Å²) in [7, 11) is 5.35. The Morgan fingerprint density at radius 2 is 1.76 bits per heavy atom. The van der Waals surface area contributed by atoms with Crippen LogP contribution in [0.1, 0.15) is 54.1 Å². The Balaban J connectivity index is 1.91. The van der Waals surface area contributed by atoms with Crippen molar-refractivity contribution in [3.63, 3.8) is 0 Å². The molecule has 1 aromatic carbocycles. The molecule has 2 aliphatic rings. The van der Waals surface area contributed by atoms with Gasteiger partial charge in [-0.15, -0.1) is 0 Å². The van der Waals surface area contributed by atoms with Crippen LogP contribution < -0.4 is 9.47 Å². The first-order chi connectivity index (χ1) is 12.1. The van der Waals surface area contributed by atoms with Crippen LogP contribution in [0.25, 0.3) is 0 Å². The zero-order chi connectivity index (χ0) is 17.6. The van der Waals surface area contributed by atoms with Crippen molar-refractivity contribution in [1.82, 2.24) is 9.78 Å². The summed E-state index contributed by atoms with van der Waals surface area (Å²) in [4.78, 5) is 5.15. The SMILES string of the molecule is COc1cc2c(cc1OC)[C@@H]1CCCC[C@@H]1N=C2c1cc(C)n(C)n1. The summed E-state index contributed by atoms with van der Waals surface area (Å²) < 4.78 is 13.0. The van der Waals surface area contributed by atoms with Crippen LogP contribution in [0.3, 0.4) is 0 Å². The van der Waals surface area contributed by atoms with Crippen molar-refractivity contribution in [2.45, 2.75) is 44.6 Å². The Kier molecular flexibility index (Phi) is 4.02. The number of benzene rings is 1. The summed E-state index contributed by atoms with van der Waals surface area (Å²) in [6.07, 6.45) is 4.85. The molecule has 1 aliphatic carbocycles. The normalized spacial score (nSPS) is 22.0. The summed E-state index contributed by atoms with van der Waals surface area (Å²) in [5.41, 5.74) is 5.53. The van der Waals surface area contributed by atoms with Crippen LogP contribution in [0.2, 0.25) is 0 Å². The van der Waals surface area contributed by atoms with Crippen molar-refractivity contribution in [1.29, 1.82) is 0 Å². The number of nitrogens with zero attached hydrogens (tertiary/aromatic N) is 3. The molecular formula is C20H25N3O2. The van der Waals surface area contributed by atoms with Crippen molar-refractivity contribution in [2.75, 3.05) is 14.2 Å². The number of methoxy groups -OCH3 is 2. The van der Waals surface area contributed by atoms with E-state index >= 15 is 0 Å². The molecule has 5 heteroatoms. The molecule has 1 fully saturated rings. The highest BCUT2D eigenvalue weighted by Gasteiger charge is 2.35. The van der Waals surface area contributed by atoms with Gasteiger partial charge in [0, 0.05) is 24.2 Å². The van der Waals surface area contributed by atoms with E-state index in [0.717, 1.165) is 40.6 Å². The fourth-order valence-electron chi connectivity index (χ4n) is 4.15. The lowest BCUT2D eigenvalue weighted by Crippen LogP contribution is -2.29. The van der Waals surface area contributed by atoms with Gasteiger partial charge in [-0.05, 0) is 43.5 Å². The van der Waals surface area contributed by atoms with E-state index in [4.69, 9.17) is 14.5 Å². The third kappa shape index (κ3) is 2.62. The number of hydrogen-bond acceptors (Lipinski definition) is 4. The van der Waals surface area contributed by atoms with Crippen LogP contribution in [-0.2, 0) is 7.05 Å². The van der Waals surface area contributed by atoms with E-state index in [1.54, 1.807) is 14.2 Å². The first kappa shape index (κ1) is 16.2.